The van der Waals surface area contributed by atoms with Crippen LogP contribution in [0.1, 0.15) is 23.8 Å². The molecule has 1 aliphatic heterocycles. The first-order valence-electron chi connectivity index (χ1n) is 5.01. The Bertz CT molecular complexity index is 402. The van der Waals surface area contributed by atoms with E-state index in [0.717, 1.165) is 6.42 Å². The van der Waals surface area contributed by atoms with Crippen molar-refractivity contribution in [1.29, 1.82) is 0 Å². The molecule has 1 saturated heterocycles. The summed E-state index contributed by atoms with van der Waals surface area (Å²) in [6.07, 6.45) is 3.65. The van der Waals surface area contributed by atoms with Crippen LogP contribution in [0, 0.1) is 0 Å². The van der Waals surface area contributed by atoms with Crippen LogP contribution in [0.2, 0.25) is 0 Å². The maximum Gasteiger partial charge on any atom is 0.358 e. The molecule has 0 aromatic carbocycles. The van der Waals surface area contributed by atoms with Crippen molar-refractivity contribution in [2.75, 3.05) is 18.5 Å². The summed E-state index contributed by atoms with van der Waals surface area (Å²) in [7, 11) is 0. The fourth-order valence-electron chi connectivity index (χ4n) is 1.64. The average molecular weight is 223 g/mol. The van der Waals surface area contributed by atoms with Crippen LogP contribution < -0.4 is 5.32 Å². The summed E-state index contributed by atoms with van der Waals surface area (Å²) >= 11 is 0. The molecular weight excluding hydrogens is 210 g/mol. The highest BCUT2D eigenvalue weighted by molar-refractivity contribution is 5.90. The largest absolute Gasteiger partial charge is 0.476 e. The summed E-state index contributed by atoms with van der Waals surface area (Å²) in [5.74, 6) is -0.791. The van der Waals surface area contributed by atoms with Gasteiger partial charge in [0.15, 0.2) is 11.5 Å². The Morgan fingerprint density at radius 2 is 2.31 bits per heavy atom. The topological polar surface area (TPSA) is 84.3 Å². The molecule has 0 saturated carbocycles. The van der Waals surface area contributed by atoms with Gasteiger partial charge in [-0.05, 0) is 13.3 Å². The molecule has 0 bridgehead atoms. The van der Waals surface area contributed by atoms with E-state index < -0.39 is 5.97 Å². The van der Waals surface area contributed by atoms with Crippen LogP contribution in [-0.4, -0.2) is 39.8 Å². The van der Waals surface area contributed by atoms with Gasteiger partial charge in [0.2, 0.25) is 0 Å². The van der Waals surface area contributed by atoms with Crippen LogP contribution in [0.4, 0.5) is 5.82 Å². The molecule has 2 rings (SSSR count). The van der Waals surface area contributed by atoms with Gasteiger partial charge in [-0.3, -0.25) is 0 Å². The van der Waals surface area contributed by atoms with E-state index in [2.05, 4.69) is 15.3 Å². The van der Waals surface area contributed by atoms with Crippen molar-refractivity contribution in [2.45, 2.75) is 18.9 Å². The number of carboxylic acids is 1. The minimum Gasteiger partial charge on any atom is -0.476 e. The van der Waals surface area contributed by atoms with Crippen molar-refractivity contribution in [3.63, 3.8) is 0 Å². The summed E-state index contributed by atoms with van der Waals surface area (Å²) in [4.78, 5) is 18.7. The van der Waals surface area contributed by atoms with Gasteiger partial charge in [0.25, 0.3) is 0 Å². The lowest BCUT2D eigenvalue weighted by Gasteiger charge is -2.24. The lowest BCUT2D eigenvalue weighted by atomic mass is 10.0. The first kappa shape index (κ1) is 10.8. The molecule has 0 amide bonds. The molecule has 6 heteroatoms. The SMILES string of the molecule is CC1(Nc2nccnc2C(=O)O)CCOC1. The number of carboxylic acid groups (broad SMARTS) is 1. The van der Waals surface area contributed by atoms with Crippen molar-refractivity contribution in [3.8, 4) is 0 Å². The summed E-state index contributed by atoms with van der Waals surface area (Å²) in [5, 5.41) is 12.0. The third-order valence-electron chi connectivity index (χ3n) is 2.54. The molecule has 1 aliphatic rings. The molecule has 86 valence electrons. The zero-order valence-corrected chi connectivity index (χ0v) is 8.93. The number of aromatic nitrogens is 2. The van der Waals surface area contributed by atoms with Crippen LogP contribution in [0.5, 0.6) is 0 Å². The number of rotatable bonds is 3. The normalized spacial score (nSPS) is 24.3. The van der Waals surface area contributed by atoms with Gasteiger partial charge in [-0.2, -0.15) is 0 Å². The molecule has 16 heavy (non-hydrogen) atoms. The molecule has 1 aromatic rings. The number of anilines is 1. The van der Waals surface area contributed by atoms with E-state index in [9.17, 15) is 4.79 Å². The Kier molecular flexibility index (Phi) is 2.74. The lowest BCUT2D eigenvalue weighted by Crippen LogP contribution is -2.36. The van der Waals surface area contributed by atoms with E-state index >= 15 is 0 Å². The van der Waals surface area contributed by atoms with Crippen LogP contribution >= 0.6 is 0 Å². The Balaban J connectivity index is 2.23. The summed E-state index contributed by atoms with van der Waals surface area (Å²) in [6.45, 7) is 3.19. The molecule has 1 fully saturated rings. The summed E-state index contributed by atoms with van der Waals surface area (Å²) < 4.78 is 5.27. The number of hydrogen-bond donors (Lipinski definition) is 2. The van der Waals surface area contributed by atoms with Crippen LogP contribution in [0.25, 0.3) is 0 Å². The van der Waals surface area contributed by atoms with Crippen LogP contribution in [0.15, 0.2) is 12.4 Å². The van der Waals surface area contributed by atoms with Gasteiger partial charge in [-0.15, -0.1) is 0 Å². The Hall–Kier alpha value is -1.69. The molecular formula is C10H13N3O3. The quantitative estimate of drug-likeness (QED) is 0.787. The number of nitrogens with one attached hydrogen (secondary N) is 1. The minimum atomic E-state index is -1.09. The molecule has 0 radical (unpaired) electrons. The molecule has 0 spiro atoms. The van der Waals surface area contributed by atoms with Gasteiger partial charge in [0.1, 0.15) is 0 Å². The minimum absolute atomic E-state index is 0.0596. The number of aromatic carboxylic acids is 1. The molecule has 6 nitrogen and oxygen atoms in total. The molecule has 1 atom stereocenters. The fraction of sp³-hybridized carbons (Fsp3) is 0.500. The van der Waals surface area contributed by atoms with Crippen molar-refractivity contribution >= 4 is 11.8 Å². The van der Waals surface area contributed by atoms with E-state index in [1.54, 1.807) is 0 Å². The van der Waals surface area contributed by atoms with Crippen molar-refractivity contribution < 1.29 is 14.6 Å². The lowest BCUT2D eigenvalue weighted by molar-refractivity contribution is 0.0691. The molecule has 1 unspecified atom stereocenters. The number of carbonyl (C=O) groups is 1. The second kappa shape index (κ2) is 4.05. The van der Waals surface area contributed by atoms with Gasteiger partial charge in [-0.1, -0.05) is 0 Å². The highest BCUT2D eigenvalue weighted by atomic mass is 16.5. The smallest absolute Gasteiger partial charge is 0.358 e. The van der Waals surface area contributed by atoms with Crippen molar-refractivity contribution in [1.82, 2.24) is 9.97 Å². The third-order valence-corrected chi connectivity index (χ3v) is 2.54. The van der Waals surface area contributed by atoms with Gasteiger partial charge in [0, 0.05) is 19.0 Å². The predicted molar refractivity (Wildman–Crippen MR) is 56.5 cm³/mol. The summed E-state index contributed by atoms with van der Waals surface area (Å²) in [6, 6.07) is 0. The third kappa shape index (κ3) is 2.11. The predicted octanol–water partition coefficient (Wildman–Crippen LogP) is 0.766. The average Bonchev–Trinajstić information content (AvgIpc) is 2.65. The zero-order chi connectivity index (χ0) is 11.6. The second-order valence-corrected chi connectivity index (χ2v) is 4.05. The van der Waals surface area contributed by atoms with E-state index in [0.29, 0.717) is 19.0 Å². The maximum absolute atomic E-state index is 10.9. The van der Waals surface area contributed by atoms with Gasteiger partial charge >= 0.3 is 5.97 Å². The molecule has 0 aliphatic carbocycles. The number of nitrogens with zero attached hydrogens (tertiary/aromatic N) is 2. The zero-order valence-electron chi connectivity index (χ0n) is 8.93. The summed E-state index contributed by atoms with van der Waals surface area (Å²) in [5.41, 5.74) is -0.323. The monoisotopic (exact) mass is 223 g/mol. The molecule has 2 heterocycles. The second-order valence-electron chi connectivity index (χ2n) is 4.05. The van der Waals surface area contributed by atoms with E-state index in [4.69, 9.17) is 9.84 Å². The molecule has 2 N–H and O–H groups in total. The van der Waals surface area contributed by atoms with Crippen molar-refractivity contribution in [2.24, 2.45) is 0 Å². The standard InChI is InChI=1S/C10H13N3O3/c1-10(2-5-16-6-10)13-8-7(9(14)15)11-3-4-12-8/h3-4H,2,5-6H2,1H3,(H,12,13)(H,14,15). The first-order valence-corrected chi connectivity index (χ1v) is 5.01. The number of ether oxygens (including phenoxy) is 1. The fourth-order valence-corrected chi connectivity index (χ4v) is 1.64. The van der Waals surface area contributed by atoms with Gasteiger partial charge in [-0.25, -0.2) is 14.8 Å². The van der Waals surface area contributed by atoms with E-state index in [-0.39, 0.29) is 11.2 Å². The van der Waals surface area contributed by atoms with Crippen LogP contribution in [-0.2, 0) is 4.74 Å². The van der Waals surface area contributed by atoms with E-state index in [1.165, 1.54) is 12.4 Å². The van der Waals surface area contributed by atoms with E-state index in [1.807, 2.05) is 6.92 Å². The highest BCUT2D eigenvalue weighted by Crippen LogP contribution is 2.23. The first-order chi connectivity index (χ1) is 7.61. The van der Waals surface area contributed by atoms with Crippen LogP contribution in [0.3, 0.4) is 0 Å². The Morgan fingerprint density at radius 1 is 1.56 bits per heavy atom. The Morgan fingerprint density at radius 3 is 2.94 bits per heavy atom. The van der Waals surface area contributed by atoms with Gasteiger partial charge < -0.3 is 15.2 Å². The highest BCUT2D eigenvalue weighted by Gasteiger charge is 2.31. The Labute approximate surface area is 92.7 Å². The van der Waals surface area contributed by atoms with Crippen molar-refractivity contribution in [3.05, 3.63) is 18.1 Å². The molecule has 1 aromatic heterocycles. The number of hydrogen-bond acceptors (Lipinski definition) is 5. The van der Waals surface area contributed by atoms with Gasteiger partial charge in [0.05, 0.1) is 12.1 Å². The maximum atomic E-state index is 10.9.